The van der Waals surface area contributed by atoms with Crippen LogP contribution in [0.4, 0.5) is 10.5 Å². The van der Waals surface area contributed by atoms with Crippen molar-refractivity contribution in [3.63, 3.8) is 0 Å². The van der Waals surface area contributed by atoms with Crippen LogP contribution >= 0.6 is 0 Å². The fourth-order valence-corrected chi connectivity index (χ4v) is 3.29. The Morgan fingerprint density at radius 2 is 2.00 bits per heavy atom. The van der Waals surface area contributed by atoms with Crippen molar-refractivity contribution in [1.29, 1.82) is 0 Å². The molecule has 0 aliphatic heterocycles. The van der Waals surface area contributed by atoms with E-state index >= 15 is 0 Å². The first-order valence-electron chi connectivity index (χ1n) is 8.57. The van der Waals surface area contributed by atoms with Crippen LogP contribution in [0.2, 0.25) is 0 Å². The highest BCUT2D eigenvalue weighted by Gasteiger charge is 2.29. The molecule has 0 unspecified atom stereocenters. The first kappa shape index (κ1) is 18.3. The molecule has 2 N–H and O–H groups in total. The van der Waals surface area contributed by atoms with Crippen LogP contribution < -0.4 is 15.5 Å². The summed E-state index contributed by atoms with van der Waals surface area (Å²) in [4.78, 5) is 26.2. The summed E-state index contributed by atoms with van der Waals surface area (Å²) in [5.74, 6) is 0.668. The summed E-state index contributed by atoms with van der Waals surface area (Å²) in [6.45, 7) is 7.51. The maximum Gasteiger partial charge on any atom is 0.321 e. The number of carbonyl (C=O) groups excluding carboxylic acids is 2. The van der Waals surface area contributed by atoms with Crippen LogP contribution in [-0.2, 0) is 4.79 Å². The monoisotopic (exact) mass is 336 g/mol. The molecule has 24 heavy (non-hydrogen) atoms. The number of anilines is 1. The lowest BCUT2D eigenvalue weighted by molar-refractivity contribution is -0.126. The zero-order valence-corrected chi connectivity index (χ0v) is 15.2. The van der Waals surface area contributed by atoms with Gasteiger partial charge in [-0.3, -0.25) is 9.69 Å². The van der Waals surface area contributed by atoms with Crippen LogP contribution in [0.25, 0.3) is 0 Å². The number of rotatable bonds is 4. The van der Waals surface area contributed by atoms with Gasteiger partial charge in [0, 0.05) is 25.0 Å². The summed E-state index contributed by atoms with van der Waals surface area (Å²) in [7, 11) is 1.70. The number of nitrogens with zero attached hydrogens (tertiary/aromatic N) is 2. The first-order chi connectivity index (χ1) is 11.3. The van der Waals surface area contributed by atoms with E-state index in [4.69, 9.17) is 4.52 Å². The molecular formula is C17H28N4O3. The van der Waals surface area contributed by atoms with Crippen LogP contribution in [0.15, 0.2) is 4.52 Å². The fraction of sp³-hybridized carbons (Fsp3) is 0.706. The van der Waals surface area contributed by atoms with E-state index in [0.717, 1.165) is 19.3 Å². The molecular weight excluding hydrogens is 308 g/mol. The lowest BCUT2D eigenvalue weighted by Gasteiger charge is -2.30. The highest BCUT2D eigenvalue weighted by molar-refractivity contribution is 5.92. The highest BCUT2D eigenvalue weighted by Crippen LogP contribution is 2.26. The van der Waals surface area contributed by atoms with Gasteiger partial charge in [-0.1, -0.05) is 11.6 Å². The Morgan fingerprint density at radius 1 is 1.29 bits per heavy atom. The van der Waals surface area contributed by atoms with Crippen LogP contribution in [0.5, 0.6) is 0 Å². The normalized spacial score (nSPS) is 20.8. The van der Waals surface area contributed by atoms with Crippen molar-refractivity contribution >= 4 is 17.6 Å². The summed E-state index contributed by atoms with van der Waals surface area (Å²) in [6.07, 6.45) is 3.40. The van der Waals surface area contributed by atoms with Gasteiger partial charge >= 0.3 is 6.03 Å². The Labute approximate surface area is 143 Å². The smallest absolute Gasteiger partial charge is 0.321 e. The third-order valence-corrected chi connectivity index (χ3v) is 4.44. The molecule has 0 radical (unpaired) electrons. The number of carbonyl (C=O) groups is 2. The molecule has 0 aromatic carbocycles. The van der Waals surface area contributed by atoms with Crippen molar-refractivity contribution in [2.75, 3.05) is 11.9 Å². The van der Waals surface area contributed by atoms with Gasteiger partial charge in [0.1, 0.15) is 11.4 Å². The number of urea groups is 1. The molecule has 1 aliphatic carbocycles. The number of nitrogens with one attached hydrogen (secondary N) is 2. The van der Waals surface area contributed by atoms with Crippen LogP contribution in [0.3, 0.4) is 0 Å². The minimum Gasteiger partial charge on any atom is -0.359 e. The molecule has 3 amide bonds. The summed E-state index contributed by atoms with van der Waals surface area (Å²) in [6, 6.07) is -0.0467. The van der Waals surface area contributed by atoms with Gasteiger partial charge in [0.2, 0.25) is 5.91 Å². The van der Waals surface area contributed by atoms with Crippen molar-refractivity contribution in [3.05, 3.63) is 11.5 Å². The van der Waals surface area contributed by atoms with Crippen molar-refractivity contribution < 1.29 is 14.1 Å². The van der Waals surface area contributed by atoms with Gasteiger partial charge in [0.15, 0.2) is 5.76 Å². The van der Waals surface area contributed by atoms with Crippen molar-refractivity contribution in [1.82, 2.24) is 15.8 Å². The third-order valence-electron chi connectivity index (χ3n) is 4.44. The molecule has 1 fully saturated rings. The predicted octanol–water partition coefficient (Wildman–Crippen LogP) is 2.52. The van der Waals surface area contributed by atoms with Crippen LogP contribution in [0, 0.1) is 19.8 Å². The Morgan fingerprint density at radius 3 is 2.58 bits per heavy atom. The molecule has 7 heteroatoms. The standard InChI is InChI=1S/C17H28N4O3/c1-10(2)18-16(22)13-7-6-8-14(9-13)19-17(23)21(5)15-11(3)20-24-12(15)4/h10,13-14H,6-9H2,1-5H3,(H,18,22)(H,19,23)/t13-,14+/m1/s1. The Hall–Kier alpha value is -2.05. The van der Waals surface area contributed by atoms with Crippen molar-refractivity contribution in [2.24, 2.45) is 5.92 Å². The molecule has 1 aromatic heterocycles. The molecule has 0 saturated heterocycles. The molecule has 2 rings (SSSR count). The van der Waals surface area contributed by atoms with Gasteiger partial charge in [-0.2, -0.15) is 0 Å². The maximum atomic E-state index is 12.5. The fourth-order valence-electron chi connectivity index (χ4n) is 3.29. The third kappa shape index (κ3) is 4.27. The van der Waals surface area contributed by atoms with Crippen molar-refractivity contribution in [2.45, 2.75) is 65.5 Å². The lowest BCUT2D eigenvalue weighted by atomic mass is 9.85. The molecule has 1 aliphatic rings. The lowest BCUT2D eigenvalue weighted by Crippen LogP contribution is -2.47. The Balaban J connectivity index is 1.95. The SMILES string of the molecule is Cc1noc(C)c1N(C)C(=O)N[C@H]1CCC[C@@H](C(=O)NC(C)C)C1. The average molecular weight is 336 g/mol. The quantitative estimate of drug-likeness (QED) is 0.884. The second kappa shape index (κ2) is 7.68. The first-order valence-corrected chi connectivity index (χ1v) is 8.57. The largest absolute Gasteiger partial charge is 0.359 e. The van der Waals surface area contributed by atoms with Gasteiger partial charge in [-0.15, -0.1) is 0 Å². The highest BCUT2D eigenvalue weighted by atomic mass is 16.5. The van der Waals surface area contributed by atoms with Gasteiger partial charge in [0.25, 0.3) is 0 Å². The molecule has 7 nitrogen and oxygen atoms in total. The molecule has 1 heterocycles. The number of hydrogen-bond acceptors (Lipinski definition) is 4. The number of amides is 3. The van der Waals surface area contributed by atoms with E-state index in [1.54, 1.807) is 14.0 Å². The van der Waals surface area contributed by atoms with E-state index in [-0.39, 0.29) is 29.9 Å². The van der Waals surface area contributed by atoms with E-state index in [9.17, 15) is 9.59 Å². The van der Waals surface area contributed by atoms with Gasteiger partial charge < -0.3 is 15.2 Å². The molecule has 0 bridgehead atoms. The second-order valence-corrected chi connectivity index (χ2v) is 6.91. The van der Waals surface area contributed by atoms with E-state index in [1.807, 2.05) is 20.8 Å². The van der Waals surface area contributed by atoms with E-state index in [1.165, 1.54) is 4.90 Å². The van der Waals surface area contributed by atoms with E-state index < -0.39 is 0 Å². The predicted molar refractivity (Wildman–Crippen MR) is 91.9 cm³/mol. The average Bonchev–Trinajstić information content (AvgIpc) is 2.85. The van der Waals surface area contributed by atoms with E-state index in [0.29, 0.717) is 23.6 Å². The Bertz CT molecular complexity index is 577. The van der Waals surface area contributed by atoms with Gasteiger partial charge in [0.05, 0.1) is 0 Å². The minimum atomic E-state index is -0.195. The molecule has 1 aromatic rings. The molecule has 1 saturated carbocycles. The number of hydrogen-bond donors (Lipinski definition) is 2. The topological polar surface area (TPSA) is 87.5 Å². The number of aromatic nitrogens is 1. The summed E-state index contributed by atoms with van der Waals surface area (Å²) >= 11 is 0. The zero-order valence-electron chi connectivity index (χ0n) is 15.2. The van der Waals surface area contributed by atoms with Crippen LogP contribution in [0.1, 0.15) is 51.0 Å². The molecule has 2 atom stereocenters. The van der Waals surface area contributed by atoms with Crippen LogP contribution in [-0.4, -0.2) is 36.2 Å². The molecule has 0 spiro atoms. The molecule has 134 valence electrons. The van der Waals surface area contributed by atoms with E-state index in [2.05, 4.69) is 15.8 Å². The summed E-state index contributed by atoms with van der Waals surface area (Å²) in [5, 5.41) is 9.88. The minimum absolute atomic E-state index is 0.0112. The van der Waals surface area contributed by atoms with Gasteiger partial charge in [-0.05, 0) is 47.0 Å². The second-order valence-electron chi connectivity index (χ2n) is 6.91. The Kier molecular flexibility index (Phi) is 5.85. The van der Waals surface area contributed by atoms with Gasteiger partial charge in [-0.25, -0.2) is 4.79 Å². The summed E-state index contributed by atoms with van der Waals surface area (Å²) < 4.78 is 5.12. The zero-order chi connectivity index (χ0) is 17.9. The maximum absolute atomic E-state index is 12.5. The number of aryl methyl sites for hydroxylation is 2. The van der Waals surface area contributed by atoms with Crippen molar-refractivity contribution in [3.8, 4) is 0 Å². The summed E-state index contributed by atoms with van der Waals surface area (Å²) in [5.41, 5.74) is 1.38.